The van der Waals surface area contributed by atoms with Gasteiger partial charge in [-0.25, -0.2) is 0 Å². The predicted molar refractivity (Wildman–Crippen MR) is 74.0 cm³/mol. The summed E-state index contributed by atoms with van der Waals surface area (Å²) in [5.74, 6) is 1.42. The third kappa shape index (κ3) is 2.85. The molecule has 18 heavy (non-hydrogen) atoms. The molecule has 0 aliphatic heterocycles. The number of hydrogen-bond acceptors (Lipinski definition) is 3. The summed E-state index contributed by atoms with van der Waals surface area (Å²) in [5.41, 5.74) is 3.18. The lowest BCUT2D eigenvalue weighted by molar-refractivity contribution is 0.503. The molecule has 0 aliphatic carbocycles. The molecule has 0 saturated heterocycles. The van der Waals surface area contributed by atoms with Gasteiger partial charge in [-0.05, 0) is 32.0 Å². The number of hydrogen-bond donors (Lipinski definition) is 0. The number of furan rings is 1. The van der Waals surface area contributed by atoms with Crippen LogP contribution in [-0.4, -0.2) is 11.5 Å². The lowest BCUT2D eigenvalue weighted by Crippen LogP contribution is -2.23. The Morgan fingerprint density at radius 3 is 2.89 bits per heavy atom. The van der Waals surface area contributed by atoms with Gasteiger partial charge in [-0.2, -0.15) is 0 Å². The molecule has 0 aromatic carbocycles. The van der Waals surface area contributed by atoms with Gasteiger partial charge in [0.25, 0.3) is 0 Å². The van der Waals surface area contributed by atoms with Gasteiger partial charge in [0.05, 0.1) is 18.7 Å². The number of anilines is 1. The van der Waals surface area contributed by atoms with Crippen molar-refractivity contribution in [3.05, 3.63) is 47.7 Å². The van der Waals surface area contributed by atoms with Crippen molar-refractivity contribution in [3.8, 4) is 0 Å². The second-order valence-electron chi connectivity index (χ2n) is 4.18. The molecule has 0 amide bonds. The SMILES string of the molecule is CCN(Cc1ccco1)c1cc(C)ncc1CCl. The summed E-state index contributed by atoms with van der Waals surface area (Å²) in [6.45, 7) is 5.75. The van der Waals surface area contributed by atoms with Crippen molar-refractivity contribution in [1.29, 1.82) is 0 Å². The molecule has 0 spiro atoms. The Labute approximate surface area is 112 Å². The smallest absolute Gasteiger partial charge is 0.123 e. The molecule has 2 aromatic heterocycles. The van der Waals surface area contributed by atoms with Crippen LogP contribution >= 0.6 is 11.6 Å². The van der Waals surface area contributed by atoms with Crippen LogP contribution in [0.5, 0.6) is 0 Å². The number of nitrogens with zero attached hydrogens (tertiary/aromatic N) is 2. The molecule has 96 valence electrons. The molecule has 2 aromatic rings. The molecule has 0 fully saturated rings. The molecule has 3 nitrogen and oxygen atoms in total. The van der Waals surface area contributed by atoms with Crippen molar-refractivity contribution in [1.82, 2.24) is 4.98 Å². The first-order valence-corrected chi connectivity index (χ1v) is 6.57. The van der Waals surface area contributed by atoms with Crippen molar-refractivity contribution < 1.29 is 4.42 Å². The summed E-state index contributed by atoms with van der Waals surface area (Å²) >= 11 is 5.98. The Morgan fingerprint density at radius 1 is 1.44 bits per heavy atom. The number of aromatic nitrogens is 1. The number of aryl methyl sites for hydroxylation is 1. The molecule has 2 rings (SSSR count). The Bertz CT molecular complexity index is 497. The van der Waals surface area contributed by atoms with E-state index < -0.39 is 0 Å². The maximum absolute atomic E-state index is 5.98. The van der Waals surface area contributed by atoms with E-state index in [2.05, 4.69) is 22.9 Å². The molecule has 0 N–H and O–H groups in total. The molecule has 2 heterocycles. The molecule has 0 atom stereocenters. The van der Waals surface area contributed by atoms with Crippen LogP contribution in [0, 0.1) is 6.92 Å². The van der Waals surface area contributed by atoms with E-state index in [9.17, 15) is 0 Å². The third-order valence-electron chi connectivity index (χ3n) is 2.89. The second-order valence-corrected chi connectivity index (χ2v) is 4.45. The minimum absolute atomic E-state index is 0.470. The van der Waals surface area contributed by atoms with Crippen LogP contribution < -0.4 is 4.90 Å². The van der Waals surface area contributed by atoms with Crippen LogP contribution in [0.1, 0.15) is 23.9 Å². The minimum Gasteiger partial charge on any atom is -0.467 e. The standard InChI is InChI=1S/C14H17ClN2O/c1-3-17(10-13-5-4-6-18-13)14-7-11(2)16-9-12(14)8-15/h4-7,9H,3,8,10H2,1-2H3. The average molecular weight is 265 g/mol. The maximum Gasteiger partial charge on any atom is 0.123 e. The summed E-state index contributed by atoms with van der Waals surface area (Å²) in [5, 5.41) is 0. The largest absolute Gasteiger partial charge is 0.467 e. The normalized spacial score (nSPS) is 10.6. The zero-order valence-electron chi connectivity index (χ0n) is 10.7. The van der Waals surface area contributed by atoms with E-state index in [4.69, 9.17) is 16.0 Å². The van der Waals surface area contributed by atoms with E-state index in [1.54, 1.807) is 6.26 Å². The second kappa shape index (κ2) is 5.91. The van der Waals surface area contributed by atoms with Gasteiger partial charge >= 0.3 is 0 Å². The number of rotatable bonds is 5. The van der Waals surface area contributed by atoms with E-state index in [1.807, 2.05) is 25.3 Å². The average Bonchev–Trinajstić information content (AvgIpc) is 2.88. The summed E-state index contributed by atoms with van der Waals surface area (Å²) < 4.78 is 5.40. The first-order chi connectivity index (χ1) is 8.74. The van der Waals surface area contributed by atoms with Crippen LogP contribution in [0.15, 0.2) is 35.1 Å². The minimum atomic E-state index is 0.470. The zero-order chi connectivity index (χ0) is 13.0. The van der Waals surface area contributed by atoms with Crippen molar-refractivity contribution in [2.45, 2.75) is 26.3 Å². The number of alkyl halides is 1. The third-order valence-corrected chi connectivity index (χ3v) is 3.18. The van der Waals surface area contributed by atoms with E-state index in [-0.39, 0.29) is 0 Å². The summed E-state index contributed by atoms with van der Waals surface area (Å²) in [6, 6.07) is 5.96. The highest BCUT2D eigenvalue weighted by Gasteiger charge is 2.12. The molecule has 0 unspecified atom stereocenters. The quantitative estimate of drug-likeness (QED) is 0.771. The lowest BCUT2D eigenvalue weighted by Gasteiger charge is -2.24. The fourth-order valence-corrected chi connectivity index (χ4v) is 2.13. The Hall–Kier alpha value is -1.48. The van der Waals surface area contributed by atoms with Crippen molar-refractivity contribution in [2.75, 3.05) is 11.4 Å². The number of pyridine rings is 1. The van der Waals surface area contributed by atoms with Crippen molar-refractivity contribution in [2.24, 2.45) is 0 Å². The highest BCUT2D eigenvalue weighted by atomic mass is 35.5. The highest BCUT2D eigenvalue weighted by molar-refractivity contribution is 6.17. The first kappa shape index (κ1) is 13.0. The van der Waals surface area contributed by atoms with E-state index in [1.165, 1.54) is 0 Å². The van der Waals surface area contributed by atoms with Gasteiger partial charge in [0.15, 0.2) is 0 Å². The van der Waals surface area contributed by atoms with Gasteiger partial charge in [-0.1, -0.05) is 0 Å². The molecule has 0 radical (unpaired) electrons. The maximum atomic E-state index is 5.98. The number of halogens is 1. The van der Waals surface area contributed by atoms with Crippen molar-refractivity contribution >= 4 is 17.3 Å². The van der Waals surface area contributed by atoms with Gasteiger partial charge < -0.3 is 9.32 Å². The Morgan fingerprint density at radius 2 is 2.28 bits per heavy atom. The van der Waals surface area contributed by atoms with Crippen LogP contribution in [0.3, 0.4) is 0 Å². The monoisotopic (exact) mass is 264 g/mol. The van der Waals surface area contributed by atoms with E-state index in [0.717, 1.165) is 35.8 Å². The summed E-state index contributed by atoms with van der Waals surface area (Å²) in [7, 11) is 0. The Kier molecular flexibility index (Phi) is 4.26. The van der Waals surface area contributed by atoms with Gasteiger partial charge in [0.1, 0.15) is 5.76 Å². The van der Waals surface area contributed by atoms with Crippen LogP contribution in [0.2, 0.25) is 0 Å². The molecule has 0 saturated carbocycles. The first-order valence-electron chi connectivity index (χ1n) is 6.03. The van der Waals surface area contributed by atoms with Crippen molar-refractivity contribution in [3.63, 3.8) is 0 Å². The fraction of sp³-hybridized carbons (Fsp3) is 0.357. The van der Waals surface area contributed by atoms with Crippen LogP contribution in [0.25, 0.3) is 0 Å². The zero-order valence-corrected chi connectivity index (χ0v) is 11.4. The molecule has 0 bridgehead atoms. The molecular formula is C14H17ClN2O. The topological polar surface area (TPSA) is 29.3 Å². The highest BCUT2D eigenvalue weighted by Crippen LogP contribution is 2.24. The fourth-order valence-electron chi connectivity index (χ4n) is 1.93. The summed E-state index contributed by atoms with van der Waals surface area (Å²) in [6.07, 6.45) is 3.55. The van der Waals surface area contributed by atoms with Gasteiger partial charge in [-0.15, -0.1) is 11.6 Å². The van der Waals surface area contributed by atoms with Crippen LogP contribution in [-0.2, 0) is 12.4 Å². The molecule has 4 heteroatoms. The van der Waals surface area contributed by atoms with E-state index in [0.29, 0.717) is 5.88 Å². The molecular weight excluding hydrogens is 248 g/mol. The van der Waals surface area contributed by atoms with Gasteiger partial charge in [0.2, 0.25) is 0 Å². The van der Waals surface area contributed by atoms with E-state index >= 15 is 0 Å². The predicted octanol–water partition coefficient (Wildman–Crippen LogP) is 3.75. The molecule has 0 aliphatic rings. The van der Waals surface area contributed by atoms with Gasteiger partial charge in [0, 0.05) is 29.7 Å². The lowest BCUT2D eigenvalue weighted by atomic mass is 10.2. The Balaban J connectivity index is 2.28. The summed E-state index contributed by atoms with van der Waals surface area (Å²) in [4.78, 5) is 6.53. The van der Waals surface area contributed by atoms with Gasteiger partial charge in [-0.3, -0.25) is 4.98 Å². The van der Waals surface area contributed by atoms with Crippen LogP contribution in [0.4, 0.5) is 5.69 Å².